The van der Waals surface area contributed by atoms with E-state index < -0.39 is 0 Å². The molecular weight excluding hydrogens is 197 g/mol. The fourth-order valence-electron chi connectivity index (χ4n) is 0.545. The van der Waals surface area contributed by atoms with Crippen LogP contribution in [0.4, 0.5) is 0 Å². The third-order valence-electron chi connectivity index (χ3n) is 1.20. The van der Waals surface area contributed by atoms with Gasteiger partial charge in [0.2, 0.25) is 0 Å². The Bertz CT molecular complexity index is 108. The Morgan fingerprint density at radius 3 is 2.80 bits per heavy atom. The van der Waals surface area contributed by atoms with Crippen molar-refractivity contribution in [1.82, 2.24) is 0 Å². The molecule has 0 heterocycles. The first-order chi connectivity index (χ1) is 4.72. The van der Waals surface area contributed by atoms with Gasteiger partial charge >= 0.3 is 66.9 Å². The summed E-state index contributed by atoms with van der Waals surface area (Å²) in [7, 11) is 1.40. The molecule has 0 fully saturated rings. The molecule has 0 aromatic carbocycles. The fourth-order valence-corrected chi connectivity index (χ4v) is 1.64. The van der Waals surface area contributed by atoms with Gasteiger partial charge in [0.25, 0.3) is 0 Å². The van der Waals surface area contributed by atoms with E-state index >= 15 is 0 Å². The van der Waals surface area contributed by atoms with Gasteiger partial charge in [0.05, 0.1) is 0 Å². The second-order valence-corrected chi connectivity index (χ2v) is 4.07. The average molecular weight is 211 g/mol. The molecule has 0 saturated carbocycles. The van der Waals surface area contributed by atoms with Crippen molar-refractivity contribution in [2.45, 2.75) is 23.6 Å². The van der Waals surface area contributed by atoms with Crippen LogP contribution in [-0.4, -0.2) is 34.1 Å². The Morgan fingerprint density at radius 2 is 2.40 bits per heavy atom. The van der Waals surface area contributed by atoms with Crippen LogP contribution in [0.25, 0.3) is 0 Å². The van der Waals surface area contributed by atoms with Crippen molar-refractivity contribution in [2.75, 3.05) is 7.11 Å². The molecule has 0 radical (unpaired) electrons. The predicted molar refractivity (Wildman–Crippen MR) is 39.7 cm³/mol. The molecule has 0 aromatic rings. The molecule has 10 heavy (non-hydrogen) atoms. The van der Waals surface area contributed by atoms with E-state index in [0.29, 0.717) is 15.0 Å². The molecule has 0 bridgehead atoms. The van der Waals surface area contributed by atoms with E-state index in [0.717, 1.165) is 11.7 Å². The molecule has 1 atom stereocenters. The van der Waals surface area contributed by atoms with Gasteiger partial charge in [-0.25, -0.2) is 0 Å². The van der Waals surface area contributed by atoms with Gasteiger partial charge < -0.3 is 0 Å². The fraction of sp³-hybridized carbons (Fsp3) is 0.833. The SMILES string of the molecule is COC(=O)C([NH3+])CC[Se]C. The molecule has 0 aromatic heterocycles. The summed E-state index contributed by atoms with van der Waals surface area (Å²) in [6, 6.07) is -0.160. The van der Waals surface area contributed by atoms with Gasteiger partial charge in [-0.3, -0.25) is 0 Å². The summed E-state index contributed by atoms with van der Waals surface area (Å²) in [4.78, 5) is 10.7. The number of esters is 1. The summed E-state index contributed by atoms with van der Waals surface area (Å²) in [5, 5.41) is 1.11. The van der Waals surface area contributed by atoms with Crippen LogP contribution in [0.5, 0.6) is 0 Å². The quantitative estimate of drug-likeness (QED) is 0.495. The summed E-state index contributed by atoms with van der Waals surface area (Å²) >= 11 is 0.643. The molecule has 60 valence electrons. The summed E-state index contributed by atoms with van der Waals surface area (Å²) in [5.41, 5.74) is 3.68. The standard InChI is InChI=1S/C6H13NO2Se/c1-9-6(8)5(7)3-4-10-2/h5H,3-4,7H2,1-2H3/p+1. The molecule has 0 aliphatic carbocycles. The predicted octanol–water partition coefficient (Wildman–Crippen LogP) is -0.669. The minimum absolute atomic E-state index is 0.160. The second-order valence-electron chi connectivity index (χ2n) is 2.00. The third-order valence-corrected chi connectivity index (χ3v) is 2.56. The minimum atomic E-state index is -0.191. The molecule has 0 saturated heterocycles. The Balaban J connectivity index is 3.41. The number of hydrogen-bond acceptors (Lipinski definition) is 2. The van der Waals surface area contributed by atoms with Crippen LogP contribution in [-0.2, 0) is 9.53 Å². The topological polar surface area (TPSA) is 53.9 Å². The Labute approximate surface area is 67.5 Å². The van der Waals surface area contributed by atoms with Gasteiger partial charge in [-0.05, 0) is 0 Å². The summed E-state index contributed by atoms with van der Waals surface area (Å²) in [6.45, 7) is 0. The van der Waals surface area contributed by atoms with E-state index in [1.54, 1.807) is 0 Å². The van der Waals surface area contributed by atoms with Crippen molar-refractivity contribution in [1.29, 1.82) is 0 Å². The van der Waals surface area contributed by atoms with Gasteiger partial charge in [-0.15, -0.1) is 0 Å². The molecular formula is C6H14NO2Se+. The van der Waals surface area contributed by atoms with Gasteiger partial charge in [0, 0.05) is 0 Å². The number of quaternary nitrogens is 1. The number of ether oxygens (including phenoxy) is 1. The first kappa shape index (κ1) is 9.95. The first-order valence-electron chi connectivity index (χ1n) is 3.12. The molecule has 3 nitrogen and oxygen atoms in total. The van der Waals surface area contributed by atoms with E-state index in [9.17, 15) is 4.79 Å². The van der Waals surface area contributed by atoms with Gasteiger partial charge in [-0.1, -0.05) is 0 Å². The maximum absolute atomic E-state index is 10.7. The first-order valence-corrected chi connectivity index (χ1v) is 6.04. The zero-order valence-corrected chi connectivity index (χ0v) is 8.14. The second kappa shape index (κ2) is 5.71. The van der Waals surface area contributed by atoms with Gasteiger partial charge in [0.15, 0.2) is 0 Å². The maximum atomic E-state index is 10.7. The van der Waals surface area contributed by atoms with Gasteiger partial charge in [-0.2, -0.15) is 0 Å². The summed E-state index contributed by atoms with van der Waals surface area (Å²) < 4.78 is 4.51. The van der Waals surface area contributed by atoms with Crippen molar-refractivity contribution in [3.8, 4) is 0 Å². The molecule has 0 rings (SSSR count). The molecule has 4 heteroatoms. The number of carbonyl (C=O) groups excluding carboxylic acids is 1. The van der Waals surface area contributed by atoms with Crippen LogP contribution < -0.4 is 5.73 Å². The Hall–Kier alpha value is -0.0505. The number of rotatable bonds is 4. The molecule has 1 unspecified atom stereocenters. The molecule has 0 aliphatic rings. The van der Waals surface area contributed by atoms with Crippen LogP contribution in [0.1, 0.15) is 6.42 Å². The molecule has 0 amide bonds. The number of carbonyl (C=O) groups is 1. The van der Waals surface area contributed by atoms with Crippen molar-refractivity contribution >= 4 is 20.9 Å². The van der Waals surface area contributed by atoms with Crippen LogP contribution in [0.15, 0.2) is 0 Å². The van der Waals surface area contributed by atoms with Gasteiger partial charge in [0.1, 0.15) is 0 Å². The number of hydrogen-bond donors (Lipinski definition) is 1. The van der Waals surface area contributed by atoms with Crippen molar-refractivity contribution in [2.24, 2.45) is 0 Å². The van der Waals surface area contributed by atoms with E-state index in [1.165, 1.54) is 7.11 Å². The third kappa shape index (κ3) is 3.88. The van der Waals surface area contributed by atoms with E-state index in [-0.39, 0.29) is 12.0 Å². The monoisotopic (exact) mass is 212 g/mol. The summed E-state index contributed by atoms with van der Waals surface area (Å²) in [5.74, 6) is 1.96. The Morgan fingerprint density at radius 1 is 1.80 bits per heavy atom. The van der Waals surface area contributed by atoms with Crippen LogP contribution in [0.2, 0.25) is 11.1 Å². The van der Waals surface area contributed by atoms with Crippen LogP contribution in [0, 0.1) is 0 Å². The van der Waals surface area contributed by atoms with E-state index in [1.807, 2.05) is 0 Å². The molecule has 0 spiro atoms. The van der Waals surface area contributed by atoms with Crippen molar-refractivity contribution in [3.63, 3.8) is 0 Å². The Kier molecular flexibility index (Phi) is 5.68. The zero-order valence-electron chi connectivity index (χ0n) is 6.42. The normalized spacial score (nSPS) is 12.7. The van der Waals surface area contributed by atoms with Crippen molar-refractivity contribution < 1.29 is 15.3 Å². The number of methoxy groups -OCH3 is 1. The van der Waals surface area contributed by atoms with E-state index in [2.05, 4.69) is 16.3 Å². The average Bonchev–Trinajstić information content (AvgIpc) is 1.98. The van der Waals surface area contributed by atoms with Crippen LogP contribution >= 0.6 is 0 Å². The molecule has 3 N–H and O–H groups in total. The van der Waals surface area contributed by atoms with Crippen molar-refractivity contribution in [3.05, 3.63) is 0 Å². The molecule has 0 aliphatic heterocycles. The zero-order chi connectivity index (χ0) is 7.98. The summed E-state index contributed by atoms with van der Waals surface area (Å²) in [6.07, 6.45) is 0.864. The van der Waals surface area contributed by atoms with E-state index in [4.69, 9.17) is 0 Å². The van der Waals surface area contributed by atoms with Crippen LogP contribution in [0.3, 0.4) is 0 Å².